The Morgan fingerprint density at radius 1 is 1.33 bits per heavy atom. The van der Waals surface area contributed by atoms with Crippen LogP contribution >= 0.6 is 0 Å². The molecule has 3 rings (SSSR count). The third-order valence-corrected chi connectivity index (χ3v) is 4.70. The molecule has 2 atom stereocenters. The van der Waals surface area contributed by atoms with Crippen molar-refractivity contribution in [3.63, 3.8) is 0 Å². The highest BCUT2D eigenvalue weighted by Gasteiger charge is 2.29. The van der Waals surface area contributed by atoms with E-state index in [1.165, 1.54) is 12.1 Å². The van der Waals surface area contributed by atoms with Gasteiger partial charge in [-0.05, 0) is 37.6 Å². The minimum absolute atomic E-state index is 0.110. The fourth-order valence-corrected chi connectivity index (χ4v) is 3.25. The summed E-state index contributed by atoms with van der Waals surface area (Å²) < 4.78 is 26.8. The predicted molar refractivity (Wildman–Crippen MR) is 93.5 cm³/mol. The molecule has 2 unspecified atom stereocenters. The predicted octanol–water partition coefficient (Wildman–Crippen LogP) is 2.45. The maximum absolute atomic E-state index is 13.6. The summed E-state index contributed by atoms with van der Waals surface area (Å²) in [5.74, 6) is -2.57. The van der Waals surface area contributed by atoms with Gasteiger partial charge in [-0.15, -0.1) is 0 Å². The van der Waals surface area contributed by atoms with Crippen molar-refractivity contribution in [2.24, 2.45) is 0 Å². The summed E-state index contributed by atoms with van der Waals surface area (Å²) in [5.41, 5.74) is 0.796. The summed E-state index contributed by atoms with van der Waals surface area (Å²) in [6.07, 6.45) is 1.72. The van der Waals surface area contributed by atoms with Gasteiger partial charge in [0, 0.05) is 24.6 Å². The molecule has 1 amide bonds. The Morgan fingerprint density at radius 2 is 2.11 bits per heavy atom. The molecule has 2 heterocycles. The Bertz CT molecular complexity index is 891. The minimum atomic E-state index is -0.935. The van der Waals surface area contributed by atoms with Crippen molar-refractivity contribution in [1.82, 2.24) is 15.6 Å². The molecule has 1 fully saturated rings. The Labute approximate surface area is 154 Å². The fraction of sp³-hybridized carbons (Fsp3) is 0.333. The molecule has 2 N–H and O–H groups in total. The molecule has 1 saturated heterocycles. The Kier molecular flexibility index (Phi) is 5.41. The van der Waals surface area contributed by atoms with Crippen LogP contribution < -0.4 is 10.6 Å². The highest BCUT2D eigenvalue weighted by atomic mass is 19.2. The maximum atomic E-state index is 13.6. The monoisotopic (exact) mass is 376 g/mol. The molecule has 1 aromatic carbocycles. The van der Waals surface area contributed by atoms with Crippen LogP contribution in [0.2, 0.25) is 0 Å². The van der Waals surface area contributed by atoms with Crippen molar-refractivity contribution in [2.75, 3.05) is 13.1 Å². The van der Waals surface area contributed by atoms with Crippen LogP contribution in [-0.4, -0.2) is 34.9 Å². The average molecular weight is 376 g/mol. The van der Waals surface area contributed by atoms with Gasteiger partial charge in [-0.2, -0.15) is 0 Å². The minimum Gasteiger partial charge on any atom is -0.347 e. The van der Waals surface area contributed by atoms with E-state index in [9.17, 15) is 23.7 Å². The second-order valence-corrected chi connectivity index (χ2v) is 6.44. The number of carbonyl (C=O) groups excluding carboxylic acids is 1. The lowest BCUT2D eigenvalue weighted by Gasteiger charge is -2.33. The molecular formula is C18H18F2N4O3. The number of nitrogens with one attached hydrogen (secondary N) is 2. The number of hydrogen-bond donors (Lipinski definition) is 2. The number of halogens is 2. The van der Waals surface area contributed by atoms with E-state index in [0.717, 1.165) is 18.3 Å². The lowest BCUT2D eigenvalue weighted by atomic mass is 9.85. The number of hydrogen-bond acceptors (Lipinski definition) is 5. The van der Waals surface area contributed by atoms with Gasteiger partial charge in [0.1, 0.15) is 6.20 Å². The SMILES string of the molecule is Cc1ncc([N+](=O)[O-])cc1C(=O)NC1CNCCC1c1ccc(F)c(F)c1. The van der Waals surface area contributed by atoms with Crippen LogP contribution in [0.4, 0.5) is 14.5 Å². The van der Waals surface area contributed by atoms with Crippen LogP contribution in [0.1, 0.15) is 34.0 Å². The van der Waals surface area contributed by atoms with Crippen LogP contribution in [-0.2, 0) is 0 Å². The van der Waals surface area contributed by atoms with Gasteiger partial charge >= 0.3 is 0 Å². The number of aryl methyl sites for hydroxylation is 1. The number of carbonyl (C=O) groups is 1. The van der Waals surface area contributed by atoms with Gasteiger partial charge in [-0.1, -0.05) is 6.07 Å². The number of pyridine rings is 1. The zero-order valence-corrected chi connectivity index (χ0v) is 14.5. The molecule has 7 nitrogen and oxygen atoms in total. The van der Waals surface area contributed by atoms with Crippen molar-refractivity contribution < 1.29 is 18.5 Å². The summed E-state index contributed by atoms with van der Waals surface area (Å²) in [6.45, 7) is 2.70. The molecule has 0 radical (unpaired) electrons. The van der Waals surface area contributed by atoms with Gasteiger partial charge < -0.3 is 10.6 Å². The van der Waals surface area contributed by atoms with Crippen LogP contribution in [0.15, 0.2) is 30.5 Å². The third kappa shape index (κ3) is 4.08. The number of rotatable bonds is 4. The molecule has 0 spiro atoms. The Morgan fingerprint density at radius 3 is 2.81 bits per heavy atom. The van der Waals surface area contributed by atoms with E-state index in [2.05, 4.69) is 15.6 Å². The molecule has 0 aliphatic carbocycles. The molecule has 1 aliphatic rings. The summed E-state index contributed by atoms with van der Waals surface area (Å²) in [6, 6.07) is 4.52. The summed E-state index contributed by atoms with van der Waals surface area (Å²) in [5, 5.41) is 16.9. The van der Waals surface area contributed by atoms with Gasteiger partial charge in [-0.3, -0.25) is 19.9 Å². The van der Waals surface area contributed by atoms with Gasteiger partial charge in [0.2, 0.25) is 0 Å². The number of nitro groups is 1. The maximum Gasteiger partial charge on any atom is 0.288 e. The Balaban J connectivity index is 1.84. The molecule has 9 heteroatoms. The number of piperidine rings is 1. The molecule has 1 aromatic heterocycles. The van der Waals surface area contributed by atoms with E-state index in [1.807, 2.05) is 0 Å². The third-order valence-electron chi connectivity index (χ3n) is 4.70. The van der Waals surface area contributed by atoms with Crippen LogP contribution in [0.25, 0.3) is 0 Å². The van der Waals surface area contributed by atoms with E-state index in [-0.39, 0.29) is 23.2 Å². The second-order valence-electron chi connectivity index (χ2n) is 6.44. The topological polar surface area (TPSA) is 97.2 Å². The Hall–Kier alpha value is -2.94. The first-order valence-corrected chi connectivity index (χ1v) is 8.44. The summed E-state index contributed by atoms with van der Waals surface area (Å²) in [4.78, 5) is 26.9. The second kappa shape index (κ2) is 7.75. The van der Waals surface area contributed by atoms with Crippen LogP contribution in [0, 0.1) is 28.7 Å². The normalized spacial score (nSPS) is 19.5. The van der Waals surface area contributed by atoms with Crippen LogP contribution in [0.5, 0.6) is 0 Å². The number of benzene rings is 1. The highest BCUT2D eigenvalue weighted by Crippen LogP contribution is 2.27. The van der Waals surface area contributed by atoms with Gasteiger partial charge in [-0.25, -0.2) is 8.78 Å². The summed E-state index contributed by atoms with van der Waals surface area (Å²) in [7, 11) is 0. The van der Waals surface area contributed by atoms with Crippen molar-refractivity contribution >= 4 is 11.6 Å². The molecule has 0 saturated carbocycles. The zero-order chi connectivity index (χ0) is 19.6. The van der Waals surface area contributed by atoms with E-state index in [1.54, 1.807) is 6.92 Å². The summed E-state index contributed by atoms with van der Waals surface area (Å²) >= 11 is 0. The molecular weight excluding hydrogens is 358 g/mol. The van der Waals surface area contributed by atoms with Gasteiger partial charge in [0.25, 0.3) is 11.6 Å². The van der Waals surface area contributed by atoms with Crippen molar-refractivity contribution in [3.8, 4) is 0 Å². The quantitative estimate of drug-likeness (QED) is 0.631. The lowest BCUT2D eigenvalue weighted by Crippen LogP contribution is -2.50. The van der Waals surface area contributed by atoms with Crippen molar-refractivity contribution in [2.45, 2.75) is 25.3 Å². The standard InChI is InChI=1S/C18H18F2N4O3/c1-10-14(7-12(8-22-10)24(26)27)18(25)23-17-9-21-5-4-13(17)11-2-3-15(19)16(20)6-11/h2-3,6-8,13,17,21H,4-5,9H2,1H3,(H,23,25). The number of amides is 1. The fourth-order valence-electron chi connectivity index (χ4n) is 3.25. The molecule has 2 aromatic rings. The lowest BCUT2D eigenvalue weighted by molar-refractivity contribution is -0.385. The first-order chi connectivity index (χ1) is 12.9. The van der Waals surface area contributed by atoms with Crippen molar-refractivity contribution in [1.29, 1.82) is 0 Å². The molecule has 1 aliphatic heterocycles. The molecule has 27 heavy (non-hydrogen) atoms. The highest BCUT2D eigenvalue weighted by molar-refractivity contribution is 5.96. The molecule has 0 bridgehead atoms. The largest absolute Gasteiger partial charge is 0.347 e. The van der Waals surface area contributed by atoms with E-state index in [4.69, 9.17) is 0 Å². The smallest absolute Gasteiger partial charge is 0.288 e. The van der Waals surface area contributed by atoms with E-state index in [0.29, 0.717) is 30.8 Å². The zero-order valence-electron chi connectivity index (χ0n) is 14.5. The average Bonchev–Trinajstić information content (AvgIpc) is 2.64. The van der Waals surface area contributed by atoms with Gasteiger partial charge in [0.05, 0.1) is 16.2 Å². The van der Waals surface area contributed by atoms with E-state index < -0.39 is 22.5 Å². The van der Waals surface area contributed by atoms with Crippen LogP contribution in [0.3, 0.4) is 0 Å². The first kappa shape index (κ1) is 18.8. The number of nitrogens with zero attached hydrogens (tertiary/aromatic N) is 2. The van der Waals surface area contributed by atoms with Gasteiger partial charge in [0.15, 0.2) is 11.6 Å². The number of aromatic nitrogens is 1. The van der Waals surface area contributed by atoms with E-state index >= 15 is 0 Å². The first-order valence-electron chi connectivity index (χ1n) is 8.44. The van der Waals surface area contributed by atoms with Crippen molar-refractivity contribution in [3.05, 3.63) is 69.0 Å². The molecule has 142 valence electrons.